The zero-order valence-corrected chi connectivity index (χ0v) is 17.1. The van der Waals surface area contributed by atoms with E-state index in [1.807, 2.05) is 44.3 Å². The molecule has 0 bridgehead atoms. The molecule has 2 aromatic rings. The number of fused-ring (bicyclic) bond motifs is 1. The largest absolute Gasteiger partial charge is 0.440 e. The summed E-state index contributed by atoms with van der Waals surface area (Å²) in [5.41, 5.74) is 1.92. The molecular weight excluding hydrogens is 389 g/mol. The zero-order chi connectivity index (χ0) is 20.3. The summed E-state index contributed by atoms with van der Waals surface area (Å²) in [5.74, 6) is -0.00161. The number of hydrazone groups is 1. The fourth-order valence-corrected chi connectivity index (χ4v) is 5.21. The smallest absolute Gasteiger partial charge is 0.329 e. The molecule has 5 rings (SSSR count). The Morgan fingerprint density at radius 2 is 2.21 bits per heavy atom. The highest BCUT2D eigenvalue weighted by atomic mass is 32.1. The van der Waals surface area contributed by atoms with Gasteiger partial charge in [0.2, 0.25) is 5.60 Å². The van der Waals surface area contributed by atoms with Crippen molar-refractivity contribution in [3.05, 3.63) is 65.2 Å². The number of carbonyl (C=O) groups is 1. The highest BCUT2D eigenvalue weighted by Gasteiger charge is 2.49. The number of amidine groups is 1. The van der Waals surface area contributed by atoms with Crippen LogP contribution in [0.1, 0.15) is 25.8 Å². The molecule has 0 amide bonds. The minimum absolute atomic E-state index is 0.238. The summed E-state index contributed by atoms with van der Waals surface area (Å²) in [6, 6.07) is 4.61. The number of rotatable bonds is 1. The first kappa shape index (κ1) is 18.1. The fourth-order valence-electron chi connectivity index (χ4n) is 4.06. The summed E-state index contributed by atoms with van der Waals surface area (Å²) in [4.78, 5) is 12.4. The first-order chi connectivity index (χ1) is 13.9. The van der Waals surface area contributed by atoms with E-state index in [-0.39, 0.29) is 11.8 Å². The summed E-state index contributed by atoms with van der Waals surface area (Å²) in [6.07, 6.45) is 8.50. The average Bonchev–Trinajstić information content (AvgIpc) is 2.93. The Labute approximate surface area is 171 Å². The highest BCUT2D eigenvalue weighted by molar-refractivity contribution is 7.23. The van der Waals surface area contributed by atoms with Gasteiger partial charge in [-0.2, -0.15) is 0 Å². The van der Waals surface area contributed by atoms with Gasteiger partial charge in [-0.25, -0.2) is 14.2 Å². The van der Waals surface area contributed by atoms with Crippen LogP contribution in [0.5, 0.6) is 0 Å². The second kappa shape index (κ2) is 6.29. The number of hydrogen-bond donors (Lipinski definition) is 1. The number of aryl methyl sites for hydroxylation is 1. The topological polar surface area (TPSA) is 53.9 Å². The number of anilines is 1. The van der Waals surface area contributed by atoms with Gasteiger partial charge in [-0.05, 0) is 51.0 Å². The number of carbonyl (C=O) groups excluding carboxylic acids is 1. The molecule has 5 nitrogen and oxygen atoms in total. The van der Waals surface area contributed by atoms with Crippen LogP contribution in [0, 0.1) is 12.7 Å². The number of ether oxygens (including phenoxy) is 1. The molecule has 1 aliphatic carbocycles. The summed E-state index contributed by atoms with van der Waals surface area (Å²) in [7, 11) is 0. The summed E-state index contributed by atoms with van der Waals surface area (Å²) in [5, 5.41) is 11.5. The third-order valence-corrected chi connectivity index (χ3v) is 6.95. The molecule has 7 heteroatoms. The van der Waals surface area contributed by atoms with Gasteiger partial charge in [0, 0.05) is 17.2 Å². The van der Waals surface area contributed by atoms with Crippen molar-refractivity contribution in [2.24, 2.45) is 5.10 Å². The predicted molar refractivity (Wildman–Crippen MR) is 113 cm³/mol. The SMILES string of the molecule is CC1=C2C=CN(c3sc4c(F)cccc4c3C)N=C3NC(C)C(=O)OC32C=CC1. The standard InChI is InChI=1S/C22H20FN3O2S/c1-12-6-5-10-22-16(12)9-11-26(25-21(22)24-14(3)20(27)28-22)19-13(2)15-7-4-8-17(23)18(15)29-19/h4-5,7-11,14H,6H2,1-3H3,(H,24,25). The Hall–Kier alpha value is -2.93. The Bertz CT molecular complexity index is 1180. The van der Waals surface area contributed by atoms with Crippen LogP contribution in [0.25, 0.3) is 10.1 Å². The van der Waals surface area contributed by atoms with E-state index in [1.165, 1.54) is 17.4 Å². The Kier molecular flexibility index (Phi) is 3.93. The molecule has 1 spiro atoms. The first-order valence-corrected chi connectivity index (χ1v) is 10.3. The molecular formula is C22H20FN3O2S. The highest BCUT2D eigenvalue weighted by Crippen LogP contribution is 2.42. The van der Waals surface area contributed by atoms with Gasteiger partial charge in [0.1, 0.15) is 16.9 Å². The molecule has 1 aromatic heterocycles. The Morgan fingerprint density at radius 3 is 3.00 bits per heavy atom. The monoisotopic (exact) mass is 409 g/mol. The van der Waals surface area contributed by atoms with Gasteiger partial charge in [-0.1, -0.05) is 23.8 Å². The van der Waals surface area contributed by atoms with Crippen LogP contribution in [0.4, 0.5) is 9.39 Å². The molecule has 3 aliphatic rings. The second-order valence-corrected chi connectivity index (χ2v) is 8.58. The number of thiophene rings is 1. The molecule has 2 unspecified atom stereocenters. The number of allylic oxidation sites excluding steroid dienone is 2. The number of hydrogen-bond acceptors (Lipinski definition) is 6. The minimum Gasteiger partial charge on any atom is -0.440 e. The Balaban J connectivity index is 1.71. The van der Waals surface area contributed by atoms with Crippen molar-refractivity contribution in [2.75, 3.05) is 5.01 Å². The quantitative estimate of drug-likeness (QED) is 0.555. The lowest BCUT2D eigenvalue weighted by molar-refractivity contribution is -0.152. The number of nitrogens with one attached hydrogen (secondary N) is 1. The van der Waals surface area contributed by atoms with Crippen LogP contribution in [-0.2, 0) is 9.53 Å². The van der Waals surface area contributed by atoms with Crippen molar-refractivity contribution in [1.29, 1.82) is 0 Å². The van der Waals surface area contributed by atoms with Crippen LogP contribution < -0.4 is 10.3 Å². The summed E-state index contributed by atoms with van der Waals surface area (Å²) in [6.45, 7) is 5.75. The predicted octanol–water partition coefficient (Wildman–Crippen LogP) is 4.55. The van der Waals surface area contributed by atoms with Gasteiger partial charge < -0.3 is 10.1 Å². The van der Waals surface area contributed by atoms with Gasteiger partial charge in [0.05, 0.1) is 4.70 Å². The van der Waals surface area contributed by atoms with Crippen molar-refractivity contribution in [3.8, 4) is 0 Å². The van der Waals surface area contributed by atoms with Crippen LogP contribution in [0.3, 0.4) is 0 Å². The molecule has 0 radical (unpaired) electrons. The molecule has 2 atom stereocenters. The van der Waals surface area contributed by atoms with Crippen LogP contribution in [0.15, 0.2) is 58.9 Å². The van der Waals surface area contributed by atoms with Crippen molar-refractivity contribution >= 4 is 38.2 Å². The molecule has 2 aliphatic heterocycles. The van der Waals surface area contributed by atoms with E-state index >= 15 is 0 Å². The maximum Gasteiger partial charge on any atom is 0.329 e. The number of benzene rings is 1. The normalized spacial score (nSPS) is 25.9. The van der Waals surface area contributed by atoms with Crippen molar-refractivity contribution in [2.45, 2.75) is 38.8 Å². The maximum absolute atomic E-state index is 14.3. The van der Waals surface area contributed by atoms with E-state index < -0.39 is 11.6 Å². The van der Waals surface area contributed by atoms with E-state index in [2.05, 4.69) is 5.32 Å². The number of esters is 1. The molecule has 1 saturated heterocycles. The van der Waals surface area contributed by atoms with Crippen molar-refractivity contribution in [3.63, 3.8) is 0 Å². The lowest BCUT2D eigenvalue weighted by Crippen LogP contribution is -2.61. The molecule has 1 fully saturated rings. The number of nitrogens with zero attached hydrogens (tertiary/aromatic N) is 2. The van der Waals surface area contributed by atoms with Gasteiger partial charge in [0.15, 0.2) is 5.84 Å². The summed E-state index contributed by atoms with van der Waals surface area (Å²) < 4.78 is 20.9. The van der Waals surface area contributed by atoms with Crippen LogP contribution >= 0.6 is 11.3 Å². The molecule has 0 saturated carbocycles. The molecule has 1 aromatic carbocycles. The van der Waals surface area contributed by atoms with Gasteiger partial charge >= 0.3 is 5.97 Å². The minimum atomic E-state index is -1.05. The number of halogens is 1. The maximum atomic E-state index is 14.3. The van der Waals surface area contributed by atoms with E-state index in [0.29, 0.717) is 10.5 Å². The summed E-state index contributed by atoms with van der Waals surface area (Å²) >= 11 is 1.36. The first-order valence-electron chi connectivity index (χ1n) is 9.52. The van der Waals surface area contributed by atoms with E-state index in [4.69, 9.17) is 9.84 Å². The Morgan fingerprint density at radius 1 is 1.38 bits per heavy atom. The molecule has 1 N–H and O–H groups in total. The molecule has 148 valence electrons. The average molecular weight is 409 g/mol. The van der Waals surface area contributed by atoms with Gasteiger partial charge in [-0.15, -0.1) is 16.4 Å². The van der Waals surface area contributed by atoms with E-state index in [0.717, 1.165) is 33.5 Å². The second-order valence-electron chi connectivity index (χ2n) is 7.58. The fraction of sp³-hybridized carbons (Fsp3) is 0.273. The van der Waals surface area contributed by atoms with E-state index in [1.54, 1.807) is 18.0 Å². The van der Waals surface area contributed by atoms with Gasteiger partial charge in [-0.3, -0.25) is 0 Å². The van der Waals surface area contributed by atoms with E-state index in [9.17, 15) is 9.18 Å². The zero-order valence-electron chi connectivity index (χ0n) is 16.3. The third kappa shape index (κ3) is 2.57. The van der Waals surface area contributed by atoms with Crippen LogP contribution in [-0.4, -0.2) is 23.4 Å². The van der Waals surface area contributed by atoms with Gasteiger partial charge in [0.25, 0.3) is 0 Å². The molecule has 3 heterocycles. The molecule has 29 heavy (non-hydrogen) atoms. The lowest BCUT2D eigenvalue weighted by atomic mass is 9.82. The van der Waals surface area contributed by atoms with Crippen LogP contribution in [0.2, 0.25) is 0 Å². The lowest BCUT2D eigenvalue weighted by Gasteiger charge is -2.40. The van der Waals surface area contributed by atoms with Crippen molar-refractivity contribution in [1.82, 2.24) is 5.32 Å². The third-order valence-electron chi connectivity index (χ3n) is 5.65. The van der Waals surface area contributed by atoms with Crippen molar-refractivity contribution < 1.29 is 13.9 Å². The number of morpholine rings is 1.